The zero-order chi connectivity index (χ0) is 14.4. The third-order valence-electron chi connectivity index (χ3n) is 3.58. The lowest BCUT2D eigenvalue weighted by atomic mass is 10.0. The molecular weight excluding hydrogens is 258 g/mol. The first-order valence-corrected chi connectivity index (χ1v) is 6.87. The lowest BCUT2D eigenvalue weighted by Gasteiger charge is -2.22. The van der Waals surface area contributed by atoms with E-state index < -0.39 is 5.60 Å². The third-order valence-corrected chi connectivity index (χ3v) is 3.58. The Morgan fingerprint density at radius 3 is 2.45 bits per heavy atom. The molecule has 20 heavy (non-hydrogen) atoms. The molecule has 1 aliphatic carbocycles. The van der Waals surface area contributed by atoms with Crippen molar-refractivity contribution < 1.29 is 19.4 Å². The van der Waals surface area contributed by atoms with Gasteiger partial charge in [0.1, 0.15) is 11.5 Å². The minimum Gasteiger partial charge on any atom is -0.497 e. The molecule has 110 valence electrons. The Balaban J connectivity index is 1.71. The van der Waals surface area contributed by atoms with Crippen molar-refractivity contribution in [1.82, 2.24) is 5.32 Å². The fourth-order valence-corrected chi connectivity index (χ4v) is 2.34. The molecule has 0 aromatic heterocycles. The van der Waals surface area contributed by atoms with Crippen LogP contribution in [0.4, 0.5) is 0 Å². The molecule has 0 unspecified atom stereocenters. The molecular formula is C15H21NO4. The summed E-state index contributed by atoms with van der Waals surface area (Å²) in [6.07, 6.45) is 3.56. The number of benzene rings is 1. The molecule has 1 fully saturated rings. The standard InChI is InChI=1S/C15H21NO4/c1-19-12-4-6-13(7-5-12)20-10-14(17)16-11-15(18)8-2-3-9-15/h4-7,18H,2-3,8-11H2,1H3,(H,16,17). The third kappa shape index (κ3) is 4.13. The highest BCUT2D eigenvalue weighted by Crippen LogP contribution is 2.28. The normalized spacial score (nSPS) is 16.7. The summed E-state index contributed by atoms with van der Waals surface area (Å²) in [5.74, 6) is 1.13. The molecule has 5 heteroatoms. The quantitative estimate of drug-likeness (QED) is 0.828. The molecule has 1 amide bonds. The number of ether oxygens (including phenoxy) is 2. The first-order chi connectivity index (χ1) is 9.61. The number of rotatable bonds is 6. The van der Waals surface area contributed by atoms with Crippen molar-refractivity contribution in [3.63, 3.8) is 0 Å². The summed E-state index contributed by atoms with van der Waals surface area (Å²) in [6.45, 7) is 0.250. The molecule has 1 saturated carbocycles. The Morgan fingerprint density at radius 1 is 1.25 bits per heavy atom. The lowest BCUT2D eigenvalue weighted by Crippen LogP contribution is -2.42. The average molecular weight is 279 g/mol. The number of carbonyl (C=O) groups excluding carboxylic acids is 1. The number of methoxy groups -OCH3 is 1. The van der Waals surface area contributed by atoms with Crippen LogP contribution >= 0.6 is 0 Å². The van der Waals surface area contributed by atoms with E-state index in [9.17, 15) is 9.90 Å². The predicted molar refractivity (Wildman–Crippen MR) is 74.9 cm³/mol. The van der Waals surface area contributed by atoms with E-state index >= 15 is 0 Å². The van der Waals surface area contributed by atoms with E-state index in [0.717, 1.165) is 31.4 Å². The van der Waals surface area contributed by atoms with E-state index in [2.05, 4.69) is 5.32 Å². The lowest BCUT2D eigenvalue weighted by molar-refractivity contribution is -0.124. The molecule has 0 atom stereocenters. The minimum atomic E-state index is -0.726. The van der Waals surface area contributed by atoms with Crippen molar-refractivity contribution >= 4 is 5.91 Å². The van der Waals surface area contributed by atoms with E-state index in [4.69, 9.17) is 9.47 Å². The van der Waals surface area contributed by atoms with Crippen LogP contribution in [0.5, 0.6) is 11.5 Å². The second-order valence-corrected chi connectivity index (χ2v) is 5.17. The Bertz CT molecular complexity index is 438. The highest BCUT2D eigenvalue weighted by Gasteiger charge is 2.31. The molecule has 5 nitrogen and oxygen atoms in total. The van der Waals surface area contributed by atoms with Gasteiger partial charge in [-0.05, 0) is 37.1 Å². The molecule has 1 aromatic carbocycles. The molecule has 0 aliphatic heterocycles. The number of amides is 1. The first kappa shape index (κ1) is 14.7. The zero-order valence-electron chi connectivity index (χ0n) is 11.7. The Hall–Kier alpha value is -1.75. The Labute approximate surface area is 118 Å². The van der Waals surface area contributed by atoms with Crippen LogP contribution in [0.3, 0.4) is 0 Å². The van der Waals surface area contributed by atoms with Crippen molar-refractivity contribution in [2.24, 2.45) is 0 Å². The van der Waals surface area contributed by atoms with Gasteiger partial charge in [0.15, 0.2) is 6.61 Å². The molecule has 2 N–H and O–H groups in total. The van der Waals surface area contributed by atoms with Gasteiger partial charge < -0.3 is 19.9 Å². The van der Waals surface area contributed by atoms with Crippen LogP contribution in [0.15, 0.2) is 24.3 Å². The Kier molecular flexibility index (Phi) is 4.84. The van der Waals surface area contributed by atoms with Crippen LogP contribution in [0.25, 0.3) is 0 Å². The van der Waals surface area contributed by atoms with Crippen molar-refractivity contribution in [2.75, 3.05) is 20.3 Å². The van der Waals surface area contributed by atoms with Gasteiger partial charge in [-0.15, -0.1) is 0 Å². The summed E-state index contributed by atoms with van der Waals surface area (Å²) in [5, 5.41) is 12.8. The van der Waals surface area contributed by atoms with Gasteiger partial charge in [-0.1, -0.05) is 12.8 Å². The van der Waals surface area contributed by atoms with Crippen LogP contribution in [0, 0.1) is 0 Å². The second kappa shape index (κ2) is 6.61. The van der Waals surface area contributed by atoms with Crippen LogP contribution in [0.1, 0.15) is 25.7 Å². The minimum absolute atomic E-state index is 0.0532. The van der Waals surface area contributed by atoms with E-state index in [0.29, 0.717) is 12.3 Å². The van der Waals surface area contributed by atoms with Gasteiger partial charge >= 0.3 is 0 Å². The van der Waals surface area contributed by atoms with Gasteiger partial charge in [0.05, 0.1) is 12.7 Å². The highest BCUT2D eigenvalue weighted by atomic mass is 16.5. The van der Waals surface area contributed by atoms with Gasteiger partial charge in [0.2, 0.25) is 0 Å². The van der Waals surface area contributed by atoms with Gasteiger partial charge in [0, 0.05) is 6.54 Å². The van der Waals surface area contributed by atoms with E-state index in [1.807, 2.05) is 0 Å². The molecule has 2 rings (SSSR count). The summed E-state index contributed by atoms with van der Waals surface area (Å²) in [5.41, 5.74) is -0.726. The number of aliphatic hydroxyl groups is 1. The maximum Gasteiger partial charge on any atom is 0.258 e. The fourth-order valence-electron chi connectivity index (χ4n) is 2.34. The van der Waals surface area contributed by atoms with Gasteiger partial charge in [-0.2, -0.15) is 0 Å². The summed E-state index contributed by atoms with van der Waals surface area (Å²) in [6, 6.07) is 7.04. The fraction of sp³-hybridized carbons (Fsp3) is 0.533. The smallest absolute Gasteiger partial charge is 0.258 e. The molecule has 0 saturated heterocycles. The Morgan fingerprint density at radius 2 is 1.85 bits per heavy atom. The molecule has 0 radical (unpaired) electrons. The van der Waals surface area contributed by atoms with Gasteiger partial charge in [-0.3, -0.25) is 4.79 Å². The predicted octanol–water partition coefficient (Wildman–Crippen LogP) is 1.50. The van der Waals surface area contributed by atoms with E-state index in [1.54, 1.807) is 31.4 Å². The van der Waals surface area contributed by atoms with Gasteiger partial charge in [0.25, 0.3) is 5.91 Å². The van der Waals surface area contributed by atoms with E-state index in [1.165, 1.54) is 0 Å². The van der Waals surface area contributed by atoms with Crippen LogP contribution in [-0.2, 0) is 4.79 Å². The largest absolute Gasteiger partial charge is 0.497 e. The van der Waals surface area contributed by atoms with Crippen LogP contribution in [0.2, 0.25) is 0 Å². The molecule has 0 spiro atoms. The monoisotopic (exact) mass is 279 g/mol. The average Bonchev–Trinajstić information content (AvgIpc) is 2.91. The molecule has 0 heterocycles. The SMILES string of the molecule is COc1ccc(OCC(=O)NCC2(O)CCCC2)cc1. The topological polar surface area (TPSA) is 67.8 Å². The van der Waals surface area contributed by atoms with Crippen molar-refractivity contribution in [2.45, 2.75) is 31.3 Å². The molecule has 0 bridgehead atoms. The van der Waals surface area contributed by atoms with Gasteiger partial charge in [-0.25, -0.2) is 0 Å². The zero-order valence-corrected chi connectivity index (χ0v) is 11.7. The number of hydrogen-bond acceptors (Lipinski definition) is 4. The summed E-state index contributed by atoms with van der Waals surface area (Å²) in [7, 11) is 1.59. The van der Waals surface area contributed by atoms with E-state index in [-0.39, 0.29) is 12.5 Å². The highest BCUT2D eigenvalue weighted by molar-refractivity contribution is 5.77. The maximum absolute atomic E-state index is 11.7. The number of hydrogen-bond donors (Lipinski definition) is 2. The second-order valence-electron chi connectivity index (χ2n) is 5.17. The maximum atomic E-state index is 11.7. The first-order valence-electron chi connectivity index (χ1n) is 6.87. The van der Waals surface area contributed by atoms with Crippen LogP contribution in [-0.4, -0.2) is 36.9 Å². The summed E-state index contributed by atoms with van der Waals surface area (Å²) >= 11 is 0. The molecule has 1 aromatic rings. The number of carbonyl (C=O) groups is 1. The van der Waals surface area contributed by atoms with Crippen molar-refractivity contribution in [3.8, 4) is 11.5 Å². The number of nitrogens with one attached hydrogen (secondary N) is 1. The molecule has 1 aliphatic rings. The van der Waals surface area contributed by atoms with Crippen molar-refractivity contribution in [3.05, 3.63) is 24.3 Å². The van der Waals surface area contributed by atoms with Crippen LogP contribution < -0.4 is 14.8 Å². The summed E-state index contributed by atoms with van der Waals surface area (Å²) in [4.78, 5) is 11.7. The van der Waals surface area contributed by atoms with Crippen molar-refractivity contribution in [1.29, 1.82) is 0 Å². The summed E-state index contributed by atoms with van der Waals surface area (Å²) < 4.78 is 10.4.